The molecule has 1 heterocycles. The van der Waals surface area contributed by atoms with Crippen LogP contribution in [0.4, 0.5) is 5.69 Å². The lowest BCUT2D eigenvalue weighted by molar-refractivity contribution is -0.136. The molecule has 6 heteroatoms. The van der Waals surface area contributed by atoms with Crippen LogP contribution >= 0.6 is 0 Å². The maximum Gasteiger partial charge on any atom is 0.307 e. The molecule has 0 radical (unpaired) electrons. The van der Waals surface area contributed by atoms with Crippen LogP contribution < -0.4 is 10.1 Å². The highest BCUT2D eigenvalue weighted by atomic mass is 16.5. The van der Waals surface area contributed by atoms with Crippen molar-refractivity contribution in [1.29, 1.82) is 0 Å². The fourth-order valence-electron chi connectivity index (χ4n) is 3.45. The van der Waals surface area contributed by atoms with Crippen LogP contribution in [0.2, 0.25) is 0 Å². The van der Waals surface area contributed by atoms with E-state index < -0.39 is 5.97 Å². The third-order valence-corrected chi connectivity index (χ3v) is 4.70. The van der Waals surface area contributed by atoms with Crippen molar-refractivity contribution in [2.45, 2.75) is 33.7 Å². The van der Waals surface area contributed by atoms with Gasteiger partial charge in [0, 0.05) is 23.1 Å². The zero-order valence-corrected chi connectivity index (χ0v) is 16.3. The summed E-state index contributed by atoms with van der Waals surface area (Å²) in [6, 6.07) is 12.7. The van der Waals surface area contributed by atoms with Crippen molar-refractivity contribution < 1.29 is 19.4 Å². The average Bonchev–Trinajstić information content (AvgIpc) is 2.95. The van der Waals surface area contributed by atoms with E-state index in [0.717, 1.165) is 22.2 Å². The highest BCUT2D eigenvalue weighted by Gasteiger charge is 2.20. The Bertz CT molecular complexity index is 1020. The van der Waals surface area contributed by atoms with Gasteiger partial charge in [-0.15, -0.1) is 0 Å². The van der Waals surface area contributed by atoms with Crippen molar-refractivity contribution in [2.75, 3.05) is 11.9 Å². The molecular weight excluding hydrogens is 356 g/mol. The predicted octanol–water partition coefficient (Wildman–Crippen LogP) is 4.25. The molecule has 2 N–H and O–H groups in total. The molecule has 0 atom stereocenters. The van der Waals surface area contributed by atoms with Gasteiger partial charge in [0.2, 0.25) is 0 Å². The topological polar surface area (TPSA) is 80.6 Å². The molecule has 0 aliphatic rings. The lowest BCUT2D eigenvalue weighted by Crippen LogP contribution is -2.17. The average molecular weight is 380 g/mol. The number of aryl methyl sites for hydroxylation is 2. The minimum Gasteiger partial charge on any atom is -0.494 e. The maximum absolute atomic E-state index is 13.0. The van der Waals surface area contributed by atoms with E-state index in [0.29, 0.717) is 30.1 Å². The molecule has 0 unspecified atom stereocenters. The number of hydrogen-bond donors (Lipinski definition) is 2. The lowest BCUT2D eigenvalue weighted by Gasteiger charge is -2.10. The number of amides is 1. The van der Waals surface area contributed by atoms with Crippen molar-refractivity contribution in [3.8, 4) is 5.75 Å². The highest BCUT2D eigenvalue weighted by Crippen LogP contribution is 2.30. The number of fused-ring (bicyclic) bond motifs is 1. The summed E-state index contributed by atoms with van der Waals surface area (Å²) in [7, 11) is 0. The van der Waals surface area contributed by atoms with Crippen LogP contribution in [0.5, 0.6) is 5.75 Å². The zero-order chi connectivity index (χ0) is 20.3. The molecule has 0 saturated carbocycles. The Balaban J connectivity index is 1.92. The number of hydrogen-bond acceptors (Lipinski definition) is 3. The molecule has 0 fully saturated rings. The molecule has 0 aliphatic carbocycles. The van der Waals surface area contributed by atoms with Gasteiger partial charge in [0.1, 0.15) is 11.4 Å². The fourth-order valence-corrected chi connectivity index (χ4v) is 3.45. The number of carbonyl (C=O) groups is 2. The zero-order valence-electron chi connectivity index (χ0n) is 16.3. The quantitative estimate of drug-likeness (QED) is 0.642. The molecule has 0 spiro atoms. The van der Waals surface area contributed by atoms with E-state index in [9.17, 15) is 9.59 Å². The number of ether oxygens (including phenoxy) is 1. The number of aromatic nitrogens is 1. The van der Waals surface area contributed by atoms with Crippen LogP contribution in [-0.2, 0) is 17.8 Å². The van der Waals surface area contributed by atoms with Gasteiger partial charge < -0.3 is 19.7 Å². The number of nitrogens with one attached hydrogen (secondary N) is 1. The van der Waals surface area contributed by atoms with Gasteiger partial charge in [-0.05, 0) is 62.2 Å². The van der Waals surface area contributed by atoms with Crippen molar-refractivity contribution >= 4 is 28.5 Å². The number of carboxylic acid groups (broad SMARTS) is 1. The Morgan fingerprint density at radius 3 is 2.43 bits per heavy atom. The first-order chi connectivity index (χ1) is 13.4. The molecule has 1 amide bonds. The van der Waals surface area contributed by atoms with Gasteiger partial charge in [0.15, 0.2) is 0 Å². The number of aliphatic carboxylic acids is 1. The van der Waals surface area contributed by atoms with E-state index in [4.69, 9.17) is 9.84 Å². The summed E-state index contributed by atoms with van der Waals surface area (Å²) in [6.07, 6.45) is -0.0421. The monoisotopic (exact) mass is 380 g/mol. The van der Waals surface area contributed by atoms with Crippen LogP contribution in [0.3, 0.4) is 0 Å². The van der Waals surface area contributed by atoms with Crippen LogP contribution in [0.1, 0.15) is 35.5 Å². The standard InChI is InChI=1S/C22H24N2O4/c1-4-24-19-11-10-17(28-5-2)13-18(19)14(3)21(24)22(27)23-16-8-6-15(7-9-16)12-20(25)26/h6-11,13H,4-5,12H2,1-3H3,(H,23,27)(H,25,26). The van der Waals surface area contributed by atoms with Crippen molar-refractivity contribution in [3.63, 3.8) is 0 Å². The first-order valence-electron chi connectivity index (χ1n) is 9.32. The summed E-state index contributed by atoms with van der Waals surface area (Å²) in [5.74, 6) is -0.293. The molecule has 3 rings (SSSR count). The number of carboxylic acids is 1. The second kappa shape index (κ2) is 8.17. The highest BCUT2D eigenvalue weighted by molar-refractivity contribution is 6.08. The summed E-state index contributed by atoms with van der Waals surface area (Å²) < 4.78 is 7.59. The molecule has 28 heavy (non-hydrogen) atoms. The first-order valence-corrected chi connectivity index (χ1v) is 9.32. The second-order valence-electron chi connectivity index (χ2n) is 6.55. The minimum atomic E-state index is -0.883. The Kier molecular flexibility index (Phi) is 5.68. The van der Waals surface area contributed by atoms with Crippen molar-refractivity contribution in [1.82, 2.24) is 4.57 Å². The first kappa shape index (κ1) is 19.5. The maximum atomic E-state index is 13.0. The molecule has 2 aromatic carbocycles. The Morgan fingerprint density at radius 1 is 1.11 bits per heavy atom. The predicted molar refractivity (Wildman–Crippen MR) is 109 cm³/mol. The van der Waals surface area contributed by atoms with E-state index >= 15 is 0 Å². The molecule has 0 saturated heterocycles. The number of rotatable bonds is 7. The summed E-state index contributed by atoms with van der Waals surface area (Å²) in [5, 5.41) is 12.8. The normalized spacial score (nSPS) is 10.8. The summed E-state index contributed by atoms with van der Waals surface area (Å²) in [4.78, 5) is 23.8. The smallest absolute Gasteiger partial charge is 0.307 e. The fraction of sp³-hybridized carbons (Fsp3) is 0.273. The van der Waals surface area contributed by atoms with E-state index in [1.165, 1.54) is 0 Å². The Labute approximate surface area is 163 Å². The van der Waals surface area contributed by atoms with Crippen LogP contribution in [0, 0.1) is 6.92 Å². The molecule has 3 aromatic rings. The van der Waals surface area contributed by atoms with Gasteiger partial charge in [-0.1, -0.05) is 12.1 Å². The molecular formula is C22H24N2O4. The number of anilines is 1. The third kappa shape index (κ3) is 3.86. The van der Waals surface area contributed by atoms with Crippen LogP contribution in [0.15, 0.2) is 42.5 Å². The summed E-state index contributed by atoms with van der Waals surface area (Å²) >= 11 is 0. The lowest BCUT2D eigenvalue weighted by atomic mass is 10.1. The number of carbonyl (C=O) groups excluding carboxylic acids is 1. The molecule has 6 nitrogen and oxygen atoms in total. The van der Waals surface area contributed by atoms with Gasteiger partial charge in [0.05, 0.1) is 13.0 Å². The summed E-state index contributed by atoms with van der Waals surface area (Å²) in [5.41, 5.74) is 3.82. The van der Waals surface area contributed by atoms with E-state index in [1.54, 1.807) is 24.3 Å². The summed E-state index contributed by atoms with van der Waals surface area (Å²) in [6.45, 7) is 7.14. The van der Waals surface area contributed by atoms with Crippen molar-refractivity contribution in [3.05, 3.63) is 59.3 Å². The minimum absolute atomic E-state index is 0.0421. The Hall–Kier alpha value is -3.28. The molecule has 0 aliphatic heterocycles. The second-order valence-corrected chi connectivity index (χ2v) is 6.55. The van der Waals surface area contributed by atoms with E-state index in [2.05, 4.69) is 5.32 Å². The molecule has 146 valence electrons. The van der Waals surface area contributed by atoms with Gasteiger partial charge >= 0.3 is 5.97 Å². The molecule has 1 aromatic heterocycles. The van der Waals surface area contributed by atoms with E-state index in [1.807, 2.05) is 43.5 Å². The van der Waals surface area contributed by atoms with Gasteiger partial charge in [-0.25, -0.2) is 0 Å². The van der Waals surface area contributed by atoms with Gasteiger partial charge in [0.25, 0.3) is 5.91 Å². The van der Waals surface area contributed by atoms with Crippen LogP contribution in [-0.4, -0.2) is 28.2 Å². The number of benzene rings is 2. The van der Waals surface area contributed by atoms with Crippen LogP contribution in [0.25, 0.3) is 10.9 Å². The SMILES string of the molecule is CCOc1ccc2c(c1)c(C)c(C(=O)Nc1ccc(CC(=O)O)cc1)n2CC. The Morgan fingerprint density at radius 2 is 1.82 bits per heavy atom. The van der Waals surface area contributed by atoms with E-state index in [-0.39, 0.29) is 12.3 Å². The largest absolute Gasteiger partial charge is 0.494 e. The van der Waals surface area contributed by atoms with Gasteiger partial charge in [-0.3, -0.25) is 9.59 Å². The van der Waals surface area contributed by atoms with Gasteiger partial charge in [-0.2, -0.15) is 0 Å². The van der Waals surface area contributed by atoms with Crippen molar-refractivity contribution in [2.24, 2.45) is 0 Å². The number of nitrogens with zero attached hydrogens (tertiary/aromatic N) is 1. The molecule has 0 bridgehead atoms. The third-order valence-electron chi connectivity index (χ3n) is 4.70.